The van der Waals surface area contributed by atoms with Gasteiger partial charge >= 0.3 is 0 Å². The lowest BCUT2D eigenvalue weighted by atomic mass is 9.86. The van der Waals surface area contributed by atoms with Crippen molar-refractivity contribution in [3.63, 3.8) is 0 Å². The number of H-pyrrole nitrogens is 1. The number of fused-ring (bicyclic) bond motifs is 4. The van der Waals surface area contributed by atoms with Gasteiger partial charge in [0, 0.05) is 35.1 Å². The van der Waals surface area contributed by atoms with Gasteiger partial charge in [0.15, 0.2) is 11.5 Å². The molecule has 8 nitrogen and oxygen atoms in total. The molecule has 8 heteroatoms. The second-order valence-electron chi connectivity index (χ2n) is 9.84. The highest BCUT2D eigenvalue weighted by atomic mass is 16.5. The van der Waals surface area contributed by atoms with E-state index in [0.29, 0.717) is 36.8 Å². The third kappa shape index (κ3) is 4.16. The number of ether oxygens (including phenoxy) is 3. The summed E-state index contributed by atoms with van der Waals surface area (Å²) < 4.78 is 16.9. The Labute approximate surface area is 227 Å². The van der Waals surface area contributed by atoms with Crippen LogP contribution < -0.4 is 14.2 Å². The molecule has 0 aliphatic carbocycles. The van der Waals surface area contributed by atoms with Crippen LogP contribution in [0.5, 0.6) is 17.2 Å². The van der Waals surface area contributed by atoms with Gasteiger partial charge < -0.3 is 29.0 Å². The maximum Gasteiger partial charge on any atom is 0.246 e. The second kappa shape index (κ2) is 10.0. The molecule has 1 aromatic heterocycles. The van der Waals surface area contributed by atoms with Crippen molar-refractivity contribution >= 4 is 22.7 Å². The standard InChI is InChI=1S/C31H31N3O5/c1-4-39-26-14-13-19(15-27(26)38-3)30-29-22(21-10-6-7-11-23(21)32-29)16-24-31(36)33(18-28(35)34(24)30)17-20-9-5-8-12-25(20)37-2/h5-15,24,30,32H,4,16-18H2,1-3H3/t24-,30-/m0/s1. The van der Waals surface area contributed by atoms with Gasteiger partial charge in [-0.1, -0.05) is 42.5 Å². The molecule has 2 aliphatic rings. The summed E-state index contributed by atoms with van der Waals surface area (Å²) in [6, 6.07) is 20.3. The van der Waals surface area contributed by atoms with Crippen molar-refractivity contribution in [1.29, 1.82) is 0 Å². The van der Waals surface area contributed by atoms with Crippen LogP contribution in [-0.4, -0.2) is 60.0 Å². The number of amides is 2. The fourth-order valence-corrected chi connectivity index (χ4v) is 5.97. The minimum Gasteiger partial charge on any atom is -0.496 e. The summed E-state index contributed by atoms with van der Waals surface area (Å²) in [6.07, 6.45) is 0.441. The van der Waals surface area contributed by atoms with Gasteiger partial charge in [-0.05, 0) is 42.3 Å². The highest BCUT2D eigenvalue weighted by molar-refractivity contribution is 5.97. The summed E-state index contributed by atoms with van der Waals surface area (Å²) in [5.74, 6) is 1.75. The van der Waals surface area contributed by atoms with Crippen LogP contribution in [0, 0.1) is 0 Å². The molecule has 1 saturated heterocycles. The van der Waals surface area contributed by atoms with E-state index >= 15 is 0 Å². The zero-order valence-corrected chi connectivity index (χ0v) is 22.3. The first-order valence-corrected chi connectivity index (χ1v) is 13.2. The Morgan fingerprint density at radius 2 is 1.69 bits per heavy atom. The van der Waals surface area contributed by atoms with Gasteiger partial charge in [-0.25, -0.2) is 0 Å². The van der Waals surface area contributed by atoms with Crippen molar-refractivity contribution in [3.05, 3.63) is 89.1 Å². The molecule has 1 N–H and O–H groups in total. The van der Waals surface area contributed by atoms with E-state index in [2.05, 4.69) is 11.1 Å². The SMILES string of the molecule is CCOc1ccc([C@H]2c3[nH]c4ccccc4c3C[C@H]3C(=O)N(Cc4ccccc4OC)CC(=O)N23)cc1OC. The zero-order chi connectivity index (χ0) is 27.1. The molecule has 0 saturated carbocycles. The van der Waals surface area contributed by atoms with Crippen LogP contribution in [0.15, 0.2) is 66.7 Å². The van der Waals surface area contributed by atoms with Crippen LogP contribution in [0.25, 0.3) is 10.9 Å². The third-order valence-corrected chi connectivity index (χ3v) is 7.70. The number of benzene rings is 3. The van der Waals surface area contributed by atoms with Crippen LogP contribution in [0.3, 0.4) is 0 Å². The number of rotatable bonds is 7. The fourth-order valence-electron chi connectivity index (χ4n) is 5.97. The lowest BCUT2D eigenvalue weighted by molar-refractivity contribution is -0.159. The minimum atomic E-state index is -0.629. The Bertz CT molecular complexity index is 1560. The molecule has 2 atom stereocenters. The topological polar surface area (TPSA) is 84.1 Å². The predicted molar refractivity (Wildman–Crippen MR) is 147 cm³/mol. The molecule has 2 aliphatic heterocycles. The van der Waals surface area contributed by atoms with Crippen LogP contribution in [0.4, 0.5) is 0 Å². The first-order chi connectivity index (χ1) is 19.0. The number of hydrogen-bond acceptors (Lipinski definition) is 5. The quantitative estimate of drug-likeness (QED) is 0.385. The number of aromatic amines is 1. The molecule has 4 aromatic rings. The number of para-hydroxylation sites is 2. The summed E-state index contributed by atoms with van der Waals surface area (Å²) in [5.41, 5.74) is 4.69. The highest BCUT2D eigenvalue weighted by Gasteiger charge is 2.48. The summed E-state index contributed by atoms with van der Waals surface area (Å²) >= 11 is 0. The van der Waals surface area contributed by atoms with Crippen molar-refractivity contribution < 1.29 is 23.8 Å². The zero-order valence-electron chi connectivity index (χ0n) is 22.3. The van der Waals surface area contributed by atoms with Crippen molar-refractivity contribution in [2.45, 2.75) is 32.0 Å². The lowest BCUT2D eigenvalue weighted by Gasteiger charge is -2.47. The molecule has 6 rings (SSSR count). The molecule has 3 aromatic carbocycles. The average molecular weight is 526 g/mol. The van der Waals surface area contributed by atoms with Gasteiger partial charge in [0.1, 0.15) is 18.3 Å². The molecule has 0 bridgehead atoms. The molecule has 1 fully saturated rings. The summed E-state index contributed by atoms with van der Waals surface area (Å²) in [7, 11) is 3.21. The Hall–Kier alpha value is -4.46. The van der Waals surface area contributed by atoms with Crippen LogP contribution >= 0.6 is 0 Å². The predicted octanol–water partition coefficient (Wildman–Crippen LogP) is 4.47. The van der Waals surface area contributed by atoms with Crippen molar-refractivity contribution in [1.82, 2.24) is 14.8 Å². The van der Waals surface area contributed by atoms with Crippen LogP contribution in [-0.2, 0) is 22.6 Å². The van der Waals surface area contributed by atoms with Crippen LogP contribution in [0.2, 0.25) is 0 Å². The molecule has 200 valence electrons. The largest absolute Gasteiger partial charge is 0.496 e. The molecule has 39 heavy (non-hydrogen) atoms. The highest BCUT2D eigenvalue weighted by Crippen LogP contribution is 2.44. The average Bonchev–Trinajstić information content (AvgIpc) is 3.34. The summed E-state index contributed by atoms with van der Waals surface area (Å²) in [5, 5.41) is 1.07. The van der Waals surface area contributed by atoms with Gasteiger partial charge in [0.2, 0.25) is 11.8 Å². The number of piperazine rings is 1. The number of aromatic nitrogens is 1. The van der Waals surface area contributed by atoms with Crippen molar-refractivity contribution in [2.24, 2.45) is 0 Å². The second-order valence-corrected chi connectivity index (χ2v) is 9.84. The maximum atomic E-state index is 14.1. The van der Waals surface area contributed by atoms with Gasteiger partial charge in [0.05, 0.1) is 26.9 Å². The van der Waals surface area contributed by atoms with Crippen molar-refractivity contribution in [3.8, 4) is 17.2 Å². The first kappa shape index (κ1) is 24.9. The van der Waals surface area contributed by atoms with E-state index in [1.165, 1.54) is 0 Å². The van der Waals surface area contributed by atoms with Gasteiger partial charge in [-0.15, -0.1) is 0 Å². The molecule has 2 amide bonds. The number of methoxy groups -OCH3 is 2. The van der Waals surface area contributed by atoms with Gasteiger partial charge in [-0.2, -0.15) is 0 Å². The Kier molecular flexibility index (Phi) is 6.38. The molecular formula is C31H31N3O5. The summed E-state index contributed by atoms with van der Waals surface area (Å²) in [6.45, 7) is 2.73. The normalized spacial score (nSPS) is 18.6. The number of nitrogens with zero attached hydrogens (tertiary/aromatic N) is 2. The minimum absolute atomic E-state index is 0.00634. The van der Waals surface area contributed by atoms with E-state index in [1.54, 1.807) is 24.0 Å². The van der Waals surface area contributed by atoms with E-state index in [0.717, 1.165) is 33.3 Å². The van der Waals surface area contributed by atoms with E-state index in [4.69, 9.17) is 14.2 Å². The lowest BCUT2D eigenvalue weighted by Crippen LogP contribution is -2.62. The monoisotopic (exact) mass is 525 g/mol. The Morgan fingerprint density at radius 3 is 2.49 bits per heavy atom. The number of nitrogens with one attached hydrogen (secondary N) is 1. The molecular weight excluding hydrogens is 494 g/mol. The number of carbonyl (C=O) groups excluding carboxylic acids is 2. The van der Waals surface area contributed by atoms with E-state index in [9.17, 15) is 9.59 Å². The molecule has 3 heterocycles. The molecule has 0 radical (unpaired) electrons. The maximum absolute atomic E-state index is 14.1. The Balaban J connectivity index is 1.45. The third-order valence-electron chi connectivity index (χ3n) is 7.70. The number of carbonyl (C=O) groups is 2. The van der Waals surface area contributed by atoms with Gasteiger partial charge in [-0.3, -0.25) is 9.59 Å². The van der Waals surface area contributed by atoms with Gasteiger partial charge in [0.25, 0.3) is 0 Å². The van der Waals surface area contributed by atoms with Crippen molar-refractivity contribution in [2.75, 3.05) is 27.4 Å². The first-order valence-electron chi connectivity index (χ1n) is 13.2. The van der Waals surface area contributed by atoms with E-state index in [1.807, 2.05) is 67.6 Å². The van der Waals surface area contributed by atoms with E-state index in [-0.39, 0.29) is 18.4 Å². The smallest absolute Gasteiger partial charge is 0.246 e. The fraction of sp³-hybridized carbons (Fsp3) is 0.290. The Morgan fingerprint density at radius 1 is 0.923 bits per heavy atom. The molecule has 0 spiro atoms. The number of hydrogen-bond donors (Lipinski definition) is 1. The van der Waals surface area contributed by atoms with Crippen LogP contribution in [0.1, 0.15) is 35.3 Å². The summed E-state index contributed by atoms with van der Waals surface area (Å²) in [4.78, 5) is 34.9. The van der Waals surface area contributed by atoms with E-state index < -0.39 is 12.1 Å². The molecule has 0 unspecified atom stereocenters.